The molecule has 0 aliphatic carbocycles. The van der Waals surface area contributed by atoms with Gasteiger partial charge in [0.2, 0.25) is 5.91 Å². The third-order valence-electron chi connectivity index (χ3n) is 5.19. The number of hydrogen-bond donors (Lipinski definition) is 1. The van der Waals surface area contributed by atoms with Gasteiger partial charge in [0.15, 0.2) is 0 Å². The second-order valence-electron chi connectivity index (χ2n) is 6.37. The maximum Gasteiger partial charge on any atom is 0.224 e. The zero-order chi connectivity index (χ0) is 13.2. The number of carbonyl (C=O) groups is 1. The van der Waals surface area contributed by atoms with E-state index in [1.807, 2.05) is 0 Å². The number of carbonyl (C=O) groups excluding carboxylic acids is 1. The molecule has 3 atom stereocenters. The van der Waals surface area contributed by atoms with Gasteiger partial charge in [0.05, 0.1) is 0 Å². The molecular formula is C15H29Cl2N3O. The minimum absolute atomic E-state index is 0. The van der Waals surface area contributed by atoms with Crippen molar-refractivity contribution in [2.24, 2.45) is 0 Å². The van der Waals surface area contributed by atoms with E-state index in [1.165, 1.54) is 38.6 Å². The first kappa shape index (κ1) is 19.0. The van der Waals surface area contributed by atoms with Gasteiger partial charge in [-0.2, -0.15) is 0 Å². The number of amides is 1. The Bertz CT molecular complexity index is 337. The standard InChI is InChI=1S/C15H27N3O.2ClH/c1-2-17-9-7-13-5-6-14(11-17)18(13)15(19)10-12-4-3-8-16-12;;/h12-14,16H,2-11H2,1H3;2*1H. The van der Waals surface area contributed by atoms with Gasteiger partial charge in [-0.1, -0.05) is 6.92 Å². The molecule has 4 nitrogen and oxygen atoms in total. The molecule has 6 heteroatoms. The highest BCUT2D eigenvalue weighted by Crippen LogP contribution is 2.31. The zero-order valence-corrected chi connectivity index (χ0v) is 14.6. The molecule has 3 rings (SSSR count). The van der Waals surface area contributed by atoms with Crippen molar-refractivity contribution in [3.63, 3.8) is 0 Å². The zero-order valence-electron chi connectivity index (χ0n) is 12.9. The van der Waals surface area contributed by atoms with Crippen LogP contribution >= 0.6 is 24.8 Å². The summed E-state index contributed by atoms with van der Waals surface area (Å²) in [4.78, 5) is 17.4. The van der Waals surface area contributed by atoms with Crippen molar-refractivity contribution in [3.05, 3.63) is 0 Å². The van der Waals surface area contributed by atoms with E-state index in [1.54, 1.807) is 0 Å². The lowest BCUT2D eigenvalue weighted by Crippen LogP contribution is -2.45. The SMILES string of the molecule is CCN1CCC2CCC(C1)N2C(=O)CC1CCCN1.Cl.Cl. The lowest BCUT2D eigenvalue weighted by atomic mass is 10.1. The lowest BCUT2D eigenvalue weighted by Gasteiger charge is -2.30. The number of likely N-dealkylation sites (N-methyl/N-ethyl adjacent to an activating group) is 1. The average Bonchev–Trinajstić information content (AvgIpc) is 2.97. The lowest BCUT2D eigenvalue weighted by molar-refractivity contribution is -0.134. The van der Waals surface area contributed by atoms with Crippen LogP contribution in [0.4, 0.5) is 0 Å². The van der Waals surface area contributed by atoms with Crippen LogP contribution in [-0.2, 0) is 4.79 Å². The highest BCUT2D eigenvalue weighted by atomic mass is 35.5. The van der Waals surface area contributed by atoms with Crippen LogP contribution in [0.2, 0.25) is 0 Å². The molecule has 3 heterocycles. The summed E-state index contributed by atoms with van der Waals surface area (Å²) in [6, 6.07) is 1.45. The molecule has 124 valence electrons. The van der Waals surface area contributed by atoms with Crippen LogP contribution in [0.5, 0.6) is 0 Å². The number of hydrogen-bond acceptors (Lipinski definition) is 3. The molecule has 0 radical (unpaired) electrons. The summed E-state index contributed by atoms with van der Waals surface area (Å²) in [5.74, 6) is 0.407. The van der Waals surface area contributed by atoms with Gasteiger partial charge >= 0.3 is 0 Å². The molecule has 3 unspecified atom stereocenters. The highest BCUT2D eigenvalue weighted by molar-refractivity contribution is 5.85. The maximum absolute atomic E-state index is 12.6. The number of halogens is 2. The maximum atomic E-state index is 12.6. The van der Waals surface area contributed by atoms with Gasteiger partial charge in [-0.25, -0.2) is 0 Å². The largest absolute Gasteiger partial charge is 0.335 e. The van der Waals surface area contributed by atoms with E-state index >= 15 is 0 Å². The molecule has 3 aliphatic heterocycles. The van der Waals surface area contributed by atoms with Crippen molar-refractivity contribution >= 4 is 30.7 Å². The summed E-state index contributed by atoms with van der Waals surface area (Å²) in [6.07, 6.45) is 6.74. The molecule has 0 saturated carbocycles. The van der Waals surface area contributed by atoms with E-state index in [0.29, 0.717) is 24.0 Å². The van der Waals surface area contributed by atoms with Crippen LogP contribution in [0, 0.1) is 0 Å². The minimum Gasteiger partial charge on any atom is -0.335 e. The Hall–Kier alpha value is -0.0300. The van der Waals surface area contributed by atoms with Crippen LogP contribution in [0.15, 0.2) is 0 Å². The van der Waals surface area contributed by atoms with E-state index in [4.69, 9.17) is 0 Å². The molecule has 0 aromatic heterocycles. The van der Waals surface area contributed by atoms with E-state index in [-0.39, 0.29) is 24.8 Å². The monoisotopic (exact) mass is 337 g/mol. The first-order chi connectivity index (χ1) is 9.28. The molecule has 1 N–H and O–H groups in total. The second-order valence-corrected chi connectivity index (χ2v) is 6.37. The van der Waals surface area contributed by atoms with Crippen molar-refractivity contribution in [1.82, 2.24) is 15.1 Å². The molecule has 1 amide bonds. The first-order valence-corrected chi connectivity index (χ1v) is 8.05. The predicted molar refractivity (Wildman–Crippen MR) is 90.5 cm³/mol. The topological polar surface area (TPSA) is 35.6 Å². The van der Waals surface area contributed by atoms with Gasteiger partial charge < -0.3 is 15.1 Å². The normalized spacial score (nSPS) is 32.2. The first-order valence-electron chi connectivity index (χ1n) is 8.05. The summed E-state index contributed by atoms with van der Waals surface area (Å²) < 4.78 is 0. The van der Waals surface area contributed by atoms with Gasteiger partial charge in [0.1, 0.15) is 0 Å². The third kappa shape index (κ3) is 4.25. The Morgan fingerprint density at radius 1 is 1.14 bits per heavy atom. The summed E-state index contributed by atoms with van der Waals surface area (Å²) in [6.45, 7) is 6.71. The molecule has 0 aromatic rings. The molecule has 3 saturated heterocycles. The quantitative estimate of drug-likeness (QED) is 0.856. The fraction of sp³-hybridized carbons (Fsp3) is 0.933. The van der Waals surface area contributed by atoms with Crippen molar-refractivity contribution in [3.8, 4) is 0 Å². The number of likely N-dealkylation sites (tertiary alicyclic amines) is 1. The Morgan fingerprint density at radius 2 is 1.90 bits per heavy atom. The van der Waals surface area contributed by atoms with Crippen molar-refractivity contribution in [2.45, 2.75) is 63.6 Å². The number of rotatable bonds is 3. The molecule has 2 bridgehead atoms. The number of nitrogens with one attached hydrogen (secondary N) is 1. The van der Waals surface area contributed by atoms with Crippen molar-refractivity contribution in [2.75, 3.05) is 26.2 Å². The Kier molecular flexibility index (Phi) is 7.75. The van der Waals surface area contributed by atoms with Crippen LogP contribution < -0.4 is 5.32 Å². The summed E-state index contributed by atoms with van der Waals surface area (Å²) in [5.41, 5.74) is 0. The third-order valence-corrected chi connectivity index (χ3v) is 5.19. The fourth-order valence-corrected chi connectivity index (χ4v) is 4.09. The van der Waals surface area contributed by atoms with E-state index in [2.05, 4.69) is 22.0 Å². The second kappa shape index (κ2) is 8.56. The van der Waals surface area contributed by atoms with Gasteiger partial charge in [0, 0.05) is 37.6 Å². The van der Waals surface area contributed by atoms with Crippen LogP contribution in [0.25, 0.3) is 0 Å². The number of nitrogens with zero attached hydrogens (tertiary/aromatic N) is 2. The van der Waals surface area contributed by atoms with E-state index in [9.17, 15) is 4.79 Å². The molecule has 0 spiro atoms. The average molecular weight is 338 g/mol. The van der Waals surface area contributed by atoms with Crippen LogP contribution in [0.3, 0.4) is 0 Å². The fourth-order valence-electron chi connectivity index (χ4n) is 4.09. The predicted octanol–water partition coefficient (Wildman–Crippen LogP) is 2.06. The Morgan fingerprint density at radius 3 is 2.57 bits per heavy atom. The van der Waals surface area contributed by atoms with E-state index in [0.717, 1.165) is 26.1 Å². The highest BCUT2D eigenvalue weighted by Gasteiger charge is 2.40. The number of fused-ring (bicyclic) bond motifs is 2. The molecular weight excluding hydrogens is 309 g/mol. The van der Waals surface area contributed by atoms with Gasteiger partial charge in [-0.3, -0.25) is 4.79 Å². The van der Waals surface area contributed by atoms with Crippen LogP contribution in [0.1, 0.15) is 45.4 Å². The molecule has 3 aliphatic rings. The Labute approximate surface area is 140 Å². The smallest absolute Gasteiger partial charge is 0.224 e. The van der Waals surface area contributed by atoms with Gasteiger partial charge in [-0.05, 0) is 45.2 Å². The molecule has 21 heavy (non-hydrogen) atoms. The minimum atomic E-state index is 0. The summed E-state index contributed by atoms with van der Waals surface area (Å²) >= 11 is 0. The Balaban J connectivity index is 0.00000110. The van der Waals surface area contributed by atoms with E-state index < -0.39 is 0 Å². The summed E-state index contributed by atoms with van der Waals surface area (Å²) in [5, 5.41) is 3.45. The van der Waals surface area contributed by atoms with Crippen LogP contribution in [-0.4, -0.2) is 60.0 Å². The molecule has 3 fully saturated rings. The molecule has 0 aromatic carbocycles. The van der Waals surface area contributed by atoms with Crippen molar-refractivity contribution < 1.29 is 4.79 Å². The summed E-state index contributed by atoms with van der Waals surface area (Å²) in [7, 11) is 0. The van der Waals surface area contributed by atoms with Gasteiger partial charge in [0.25, 0.3) is 0 Å². The van der Waals surface area contributed by atoms with Crippen molar-refractivity contribution in [1.29, 1.82) is 0 Å². The van der Waals surface area contributed by atoms with Gasteiger partial charge in [-0.15, -0.1) is 24.8 Å².